The van der Waals surface area contributed by atoms with E-state index in [0.717, 1.165) is 26.1 Å². The van der Waals surface area contributed by atoms with Gasteiger partial charge in [0.1, 0.15) is 0 Å². The van der Waals surface area contributed by atoms with Crippen LogP contribution in [0.25, 0.3) is 0 Å². The molecule has 0 N–H and O–H groups in total. The molecule has 1 rings (SSSR count). The van der Waals surface area contributed by atoms with Crippen LogP contribution in [0.1, 0.15) is 12.8 Å². The van der Waals surface area contributed by atoms with Crippen molar-refractivity contribution >= 4 is 0 Å². The first kappa shape index (κ1) is 6.96. The van der Waals surface area contributed by atoms with Crippen molar-refractivity contribution in [3.63, 3.8) is 0 Å². The fourth-order valence-corrected chi connectivity index (χ4v) is 1.00. The van der Waals surface area contributed by atoms with Gasteiger partial charge in [0.05, 0.1) is 6.61 Å². The molecule has 1 fully saturated rings. The third-order valence-corrected chi connectivity index (χ3v) is 1.64. The molecule has 0 radical (unpaired) electrons. The Hall–Kier alpha value is -0.150. The summed E-state index contributed by atoms with van der Waals surface area (Å²) in [6.07, 6.45) is 1.87. The predicted octanol–water partition coefficient (Wildman–Crippen LogP) is 1.31. The number of hydrogen-bond donors (Lipinski definition) is 0. The first-order valence-electron chi connectivity index (χ1n) is 3.25. The molecular formula is C6H11FO2. The molecule has 0 aromatic carbocycles. The molecule has 3 heteroatoms. The minimum absolute atomic E-state index is 0.239. The summed E-state index contributed by atoms with van der Waals surface area (Å²) in [6.45, 7) is 1.76. The van der Waals surface area contributed by atoms with Gasteiger partial charge in [-0.3, -0.25) is 0 Å². The van der Waals surface area contributed by atoms with Gasteiger partial charge < -0.3 is 4.74 Å². The molecule has 1 saturated heterocycles. The van der Waals surface area contributed by atoms with Crippen LogP contribution in [0.2, 0.25) is 0 Å². The van der Waals surface area contributed by atoms with E-state index in [9.17, 15) is 4.53 Å². The fraction of sp³-hybridized carbons (Fsp3) is 1.00. The summed E-state index contributed by atoms with van der Waals surface area (Å²) in [5, 5.41) is 0. The van der Waals surface area contributed by atoms with Crippen molar-refractivity contribution in [2.24, 2.45) is 5.92 Å². The Morgan fingerprint density at radius 2 is 2.11 bits per heavy atom. The number of ether oxygens (including phenoxy) is 1. The molecule has 0 unspecified atom stereocenters. The van der Waals surface area contributed by atoms with E-state index in [0.29, 0.717) is 5.92 Å². The van der Waals surface area contributed by atoms with Crippen molar-refractivity contribution in [2.75, 3.05) is 19.8 Å². The maximum atomic E-state index is 11.2. The lowest BCUT2D eigenvalue weighted by Gasteiger charge is -2.19. The van der Waals surface area contributed by atoms with Crippen LogP contribution in [0.4, 0.5) is 4.53 Å². The Morgan fingerprint density at radius 1 is 1.44 bits per heavy atom. The highest BCUT2D eigenvalue weighted by Crippen LogP contribution is 2.14. The minimum atomic E-state index is 0.239. The van der Waals surface area contributed by atoms with Gasteiger partial charge in [-0.1, -0.05) is 0 Å². The van der Waals surface area contributed by atoms with Crippen LogP contribution < -0.4 is 0 Å². The fourth-order valence-electron chi connectivity index (χ4n) is 1.00. The van der Waals surface area contributed by atoms with E-state index in [2.05, 4.69) is 4.94 Å². The van der Waals surface area contributed by atoms with Crippen molar-refractivity contribution in [3.8, 4) is 0 Å². The number of hydrogen-bond acceptors (Lipinski definition) is 2. The second-order valence-corrected chi connectivity index (χ2v) is 2.33. The topological polar surface area (TPSA) is 18.5 Å². The first-order chi connectivity index (χ1) is 4.43. The average Bonchev–Trinajstić information content (AvgIpc) is 1.91. The van der Waals surface area contributed by atoms with Crippen LogP contribution in [-0.4, -0.2) is 19.8 Å². The van der Waals surface area contributed by atoms with Gasteiger partial charge in [-0.15, -0.1) is 0 Å². The molecule has 1 aliphatic heterocycles. The molecule has 0 amide bonds. The minimum Gasteiger partial charge on any atom is -0.381 e. The third-order valence-electron chi connectivity index (χ3n) is 1.64. The molecule has 0 atom stereocenters. The average molecular weight is 134 g/mol. The summed E-state index contributed by atoms with van der Waals surface area (Å²) >= 11 is 0. The van der Waals surface area contributed by atoms with Gasteiger partial charge in [-0.25, -0.2) is 0 Å². The Bertz CT molecular complexity index is 68.7. The zero-order chi connectivity index (χ0) is 6.53. The molecule has 0 saturated carbocycles. The zero-order valence-corrected chi connectivity index (χ0v) is 5.31. The number of halogens is 1. The van der Waals surface area contributed by atoms with E-state index in [-0.39, 0.29) is 6.61 Å². The molecule has 0 aliphatic carbocycles. The lowest BCUT2D eigenvalue weighted by atomic mass is 10.0. The normalized spacial score (nSPS) is 22.3. The molecule has 0 bridgehead atoms. The van der Waals surface area contributed by atoms with E-state index < -0.39 is 0 Å². The molecule has 1 heterocycles. The lowest BCUT2D eigenvalue weighted by Crippen LogP contribution is -2.18. The van der Waals surface area contributed by atoms with Crippen molar-refractivity contribution in [3.05, 3.63) is 0 Å². The van der Waals surface area contributed by atoms with Crippen LogP contribution in [0.15, 0.2) is 0 Å². The van der Waals surface area contributed by atoms with E-state index in [1.165, 1.54) is 0 Å². The molecular weight excluding hydrogens is 123 g/mol. The highest BCUT2D eigenvalue weighted by atomic mass is 19.3. The van der Waals surface area contributed by atoms with Crippen LogP contribution in [0.3, 0.4) is 0 Å². The Labute approximate surface area is 53.9 Å². The van der Waals surface area contributed by atoms with E-state index in [4.69, 9.17) is 4.74 Å². The van der Waals surface area contributed by atoms with Gasteiger partial charge in [0.15, 0.2) is 0 Å². The summed E-state index contributed by atoms with van der Waals surface area (Å²) < 4.78 is 16.3. The lowest BCUT2D eigenvalue weighted by molar-refractivity contribution is -0.152. The number of rotatable bonds is 2. The van der Waals surface area contributed by atoms with Gasteiger partial charge in [-0.2, -0.15) is 4.94 Å². The van der Waals surface area contributed by atoms with E-state index in [1.54, 1.807) is 0 Å². The van der Waals surface area contributed by atoms with Gasteiger partial charge in [-0.05, 0) is 23.3 Å². The summed E-state index contributed by atoms with van der Waals surface area (Å²) in [6, 6.07) is 0. The largest absolute Gasteiger partial charge is 0.381 e. The highest BCUT2D eigenvalue weighted by molar-refractivity contribution is 4.61. The van der Waals surface area contributed by atoms with Crippen LogP contribution in [0.5, 0.6) is 0 Å². The Kier molecular flexibility index (Phi) is 2.94. The maximum absolute atomic E-state index is 11.2. The molecule has 54 valence electrons. The van der Waals surface area contributed by atoms with Crippen LogP contribution >= 0.6 is 0 Å². The maximum Gasteiger partial charge on any atom is 0.0906 e. The summed E-state index contributed by atoms with van der Waals surface area (Å²) in [5.74, 6) is 0.378. The van der Waals surface area contributed by atoms with Gasteiger partial charge in [0, 0.05) is 13.2 Å². The van der Waals surface area contributed by atoms with Crippen LogP contribution in [0, 0.1) is 5.92 Å². The molecule has 2 nitrogen and oxygen atoms in total. The van der Waals surface area contributed by atoms with Crippen molar-refractivity contribution in [1.29, 1.82) is 0 Å². The zero-order valence-electron chi connectivity index (χ0n) is 5.31. The first-order valence-corrected chi connectivity index (χ1v) is 3.25. The molecule has 0 spiro atoms. The summed E-state index contributed by atoms with van der Waals surface area (Å²) in [7, 11) is 0. The molecule has 0 aromatic rings. The van der Waals surface area contributed by atoms with Gasteiger partial charge in [0.2, 0.25) is 0 Å². The van der Waals surface area contributed by atoms with Gasteiger partial charge in [0.25, 0.3) is 0 Å². The summed E-state index contributed by atoms with van der Waals surface area (Å²) in [5.41, 5.74) is 0. The third kappa shape index (κ3) is 2.28. The van der Waals surface area contributed by atoms with E-state index >= 15 is 0 Å². The highest BCUT2D eigenvalue weighted by Gasteiger charge is 2.13. The second kappa shape index (κ2) is 3.80. The summed E-state index contributed by atoms with van der Waals surface area (Å²) in [4.78, 5) is 3.53. The standard InChI is InChI=1S/C6H11FO2/c7-9-5-6-1-3-8-4-2-6/h6H,1-5H2. The second-order valence-electron chi connectivity index (χ2n) is 2.33. The van der Waals surface area contributed by atoms with Crippen molar-refractivity contribution in [2.45, 2.75) is 12.8 Å². The van der Waals surface area contributed by atoms with Gasteiger partial charge >= 0.3 is 0 Å². The van der Waals surface area contributed by atoms with Crippen LogP contribution in [-0.2, 0) is 9.68 Å². The van der Waals surface area contributed by atoms with E-state index in [1.807, 2.05) is 0 Å². The Morgan fingerprint density at radius 3 is 2.67 bits per heavy atom. The molecule has 1 aliphatic rings. The quantitative estimate of drug-likeness (QED) is 0.567. The molecule has 0 aromatic heterocycles. The smallest absolute Gasteiger partial charge is 0.0906 e. The van der Waals surface area contributed by atoms with Crippen molar-refractivity contribution < 1.29 is 14.2 Å². The monoisotopic (exact) mass is 134 g/mol. The SMILES string of the molecule is FOCC1CCOCC1. The Balaban J connectivity index is 2.08. The predicted molar refractivity (Wildman–Crippen MR) is 30.6 cm³/mol. The van der Waals surface area contributed by atoms with Crippen molar-refractivity contribution in [1.82, 2.24) is 0 Å². The molecule has 9 heavy (non-hydrogen) atoms.